The highest BCUT2D eigenvalue weighted by atomic mass is 32.2. The molecule has 68 valence electrons. The smallest absolute Gasteiger partial charge is 0.270 e. The average molecular weight is 182 g/mol. The van der Waals surface area contributed by atoms with E-state index in [0.29, 0.717) is 6.42 Å². The van der Waals surface area contributed by atoms with E-state index in [1.807, 2.05) is 6.92 Å². The van der Waals surface area contributed by atoms with Crippen LogP contribution >= 0.6 is 0 Å². The minimum absolute atomic E-state index is 0.190. The highest BCUT2D eigenvalue weighted by Crippen LogP contribution is 1.94. The van der Waals surface area contributed by atoms with Gasteiger partial charge >= 0.3 is 0 Å². The van der Waals surface area contributed by atoms with Crippen LogP contribution in [-0.4, -0.2) is 26.9 Å². The van der Waals surface area contributed by atoms with Crippen LogP contribution in [0.5, 0.6) is 0 Å². The van der Waals surface area contributed by atoms with E-state index in [-0.39, 0.29) is 12.4 Å². The van der Waals surface area contributed by atoms with Gasteiger partial charge in [0.15, 0.2) is 0 Å². The van der Waals surface area contributed by atoms with Crippen molar-refractivity contribution in [3.63, 3.8) is 0 Å². The molecule has 0 unspecified atom stereocenters. The summed E-state index contributed by atoms with van der Waals surface area (Å²) in [6, 6.07) is 0. The Morgan fingerprint density at radius 2 is 2.00 bits per heavy atom. The van der Waals surface area contributed by atoms with Crippen LogP contribution in [0, 0.1) is 0 Å². The van der Waals surface area contributed by atoms with Gasteiger partial charge in [-0.3, -0.25) is 4.18 Å². The standard InChI is InChI=1S/C5H14N2O3S/c1-2-3-10-11(8,9)4-5(6)7/h5H,2-4,6-7H2,1H3. The highest BCUT2D eigenvalue weighted by Gasteiger charge is 2.12. The summed E-state index contributed by atoms with van der Waals surface area (Å²) >= 11 is 0. The molecule has 4 N–H and O–H groups in total. The van der Waals surface area contributed by atoms with E-state index in [1.54, 1.807) is 0 Å². The van der Waals surface area contributed by atoms with Crippen molar-refractivity contribution < 1.29 is 12.6 Å². The Labute approximate surface area is 66.8 Å². The third-order valence-electron chi connectivity index (χ3n) is 0.864. The Balaban J connectivity index is 3.82. The number of hydrogen-bond acceptors (Lipinski definition) is 5. The lowest BCUT2D eigenvalue weighted by atomic mass is 10.5. The molecule has 5 nitrogen and oxygen atoms in total. The Morgan fingerprint density at radius 1 is 1.45 bits per heavy atom. The maximum absolute atomic E-state index is 10.8. The van der Waals surface area contributed by atoms with Gasteiger partial charge in [0.2, 0.25) is 0 Å². The summed E-state index contributed by atoms with van der Waals surface area (Å²) in [7, 11) is -3.49. The van der Waals surface area contributed by atoms with Crippen molar-refractivity contribution in [1.82, 2.24) is 0 Å². The van der Waals surface area contributed by atoms with Gasteiger partial charge < -0.3 is 11.5 Å². The van der Waals surface area contributed by atoms with E-state index in [2.05, 4.69) is 4.18 Å². The second-order valence-electron chi connectivity index (χ2n) is 2.21. The van der Waals surface area contributed by atoms with Crippen LogP contribution in [0.25, 0.3) is 0 Å². The second-order valence-corrected chi connectivity index (χ2v) is 3.89. The molecule has 0 aromatic rings. The van der Waals surface area contributed by atoms with Gasteiger partial charge in [-0.1, -0.05) is 6.92 Å². The third-order valence-corrected chi connectivity index (χ3v) is 2.18. The van der Waals surface area contributed by atoms with Crippen molar-refractivity contribution in [3.8, 4) is 0 Å². The van der Waals surface area contributed by atoms with Gasteiger partial charge in [0.05, 0.1) is 12.8 Å². The number of rotatable bonds is 5. The maximum atomic E-state index is 10.8. The van der Waals surface area contributed by atoms with Crippen LogP contribution < -0.4 is 11.5 Å². The predicted octanol–water partition coefficient (Wildman–Crippen LogP) is -1.01. The topological polar surface area (TPSA) is 95.4 Å². The van der Waals surface area contributed by atoms with E-state index in [0.717, 1.165) is 0 Å². The first-order chi connectivity index (χ1) is 4.98. The zero-order chi connectivity index (χ0) is 8.91. The molecule has 0 aliphatic carbocycles. The predicted molar refractivity (Wildman–Crippen MR) is 42.2 cm³/mol. The van der Waals surface area contributed by atoms with E-state index < -0.39 is 16.3 Å². The largest absolute Gasteiger partial charge is 0.315 e. The minimum Gasteiger partial charge on any atom is -0.315 e. The molecule has 0 aromatic carbocycles. The van der Waals surface area contributed by atoms with Gasteiger partial charge in [-0.05, 0) is 6.42 Å². The Bertz CT molecular complexity index is 188. The zero-order valence-electron chi connectivity index (χ0n) is 6.49. The first kappa shape index (κ1) is 10.8. The first-order valence-corrected chi connectivity index (χ1v) is 4.94. The fourth-order valence-electron chi connectivity index (χ4n) is 0.494. The highest BCUT2D eigenvalue weighted by molar-refractivity contribution is 7.86. The van der Waals surface area contributed by atoms with Crippen LogP contribution in [-0.2, 0) is 14.3 Å². The Morgan fingerprint density at radius 3 is 2.36 bits per heavy atom. The van der Waals surface area contributed by atoms with Gasteiger partial charge in [-0.2, -0.15) is 8.42 Å². The van der Waals surface area contributed by atoms with Crippen LogP contribution in [0.1, 0.15) is 13.3 Å². The molecule has 0 bridgehead atoms. The third kappa shape index (κ3) is 6.24. The Kier molecular flexibility index (Phi) is 4.58. The van der Waals surface area contributed by atoms with Gasteiger partial charge in [-0.25, -0.2) is 0 Å². The van der Waals surface area contributed by atoms with Crippen molar-refractivity contribution in [3.05, 3.63) is 0 Å². The van der Waals surface area contributed by atoms with Crippen LogP contribution in [0.4, 0.5) is 0 Å². The summed E-state index contributed by atoms with van der Waals surface area (Å²) in [6.45, 7) is 2.01. The van der Waals surface area contributed by atoms with Crippen molar-refractivity contribution >= 4 is 10.1 Å². The van der Waals surface area contributed by atoms with Gasteiger partial charge in [0, 0.05) is 0 Å². The quantitative estimate of drug-likeness (QED) is 0.419. The lowest BCUT2D eigenvalue weighted by molar-refractivity contribution is 0.316. The molecule has 0 aromatic heterocycles. The molecule has 0 aliphatic heterocycles. The maximum Gasteiger partial charge on any atom is 0.270 e. The molecule has 0 saturated carbocycles. The lowest BCUT2D eigenvalue weighted by Crippen LogP contribution is -2.38. The summed E-state index contributed by atoms with van der Waals surface area (Å²) in [6.07, 6.45) is -0.212. The number of hydrogen-bond donors (Lipinski definition) is 2. The van der Waals surface area contributed by atoms with Crippen LogP contribution in [0.3, 0.4) is 0 Å². The average Bonchev–Trinajstić information content (AvgIpc) is 1.81. The zero-order valence-corrected chi connectivity index (χ0v) is 7.30. The summed E-state index contributed by atoms with van der Waals surface area (Å²) < 4.78 is 26.1. The summed E-state index contributed by atoms with van der Waals surface area (Å²) in [5.74, 6) is -0.326. The molecule has 0 radical (unpaired) electrons. The van der Waals surface area contributed by atoms with Gasteiger partial charge in [0.25, 0.3) is 10.1 Å². The van der Waals surface area contributed by atoms with E-state index >= 15 is 0 Å². The summed E-state index contributed by atoms with van der Waals surface area (Å²) in [5, 5.41) is 0. The van der Waals surface area contributed by atoms with E-state index in [1.165, 1.54) is 0 Å². The SMILES string of the molecule is CCCOS(=O)(=O)CC(N)N. The molecule has 0 atom stereocenters. The summed E-state index contributed by atoms with van der Waals surface area (Å²) in [5.41, 5.74) is 10.1. The normalized spacial score (nSPS) is 12.4. The monoisotopic (exact) mass is 182 g/mol. The Hall–Kier alpha value is -0.170. The molecule has 6 heteroatoms. The molecule has 0 fully saturated rings. The molecule has 0 spiro atoms. The van der Waals surface area contributed by atoms with E-state index in [9.17, 15) is 8.42 Å². The van der Waals surface area contributed by atoms with Crippen molar-refractivity contribution in [1.29, 1.82) is 0 Å². The molecule has 0 saturated heterocycles. The fraction of sp³-hybridized carbons (Fsp3) is 1.00. The summed E-state index contributed by atoms with van der Waals surface area (Å²) in [4.78, 5) is 0. The molecule has 0 rings (SSSR count). The fourth-order valence-corrected chi connectivity index (χ4v) is 1.48. The molecule has 0 amide bonds. The minimum atomic E-state index is -3.49. The van der Waals surface area contributed by atoms with Gasteiger partial charge in [0.1, 0.15) is 5.75 Å². The molecule has 0 heterocycles. The lowest BCUT2D eigenvalue weighted by Gasteiger charge is -2.05. The molecular formula is C5H14N2O3S. The van der Waals surface area contributed by atoms with Crippen molar-refractivity contribution in [2.45, 2.75) is 19.5 Å². The molecule has 11 heavy (non-hydrogen) atoms. The van der Waals surface area contributed by atoms with Crippen molar-refractivity contribution in [2.24, 2.45) is 11.5 Å². The van der Waals surface area contributed by atoms with Crippen LogP contribution in [0.2, 0.25) is 0 Å². The van der Waals surface area contributed by atoms with Gasteiger partial charge in [-0.15, -0.1) is 0 Å². The number of nitrogens with two attached hydrogens (primary N) is 2. The first-order valence-electron chi connectivity index (χ1n) is 3.36. The van der Waals surface area contributed by atoms with Crippen LogP contribution in [0.15, 0.2) is 0 Å². The van der Waals surface area contributed by atoms with Crippen molar-refractivity contribution in [2.75, 3.05) is 12.4 Å². The molecule has 0 aliphatic rings. The second kappa shape index (κ2) is 4.66. The van der Waals surface area contributed by atoms with E-state index in [4.69, 9.17) is 11.5 Å². The molecular weight excluding hydrogens is 168 g/mol.